The van der Waals surface area contributed by atoms with Gasteiger partial charge in [-0.05, 0) is 29.8 Å². The lowest BCUT2D eigenvalue weighted by atomic mass is 10.0. The molecular weight excluding hydrogens is 398 g/mol. The Labute approximate surface area is 177 Å². The fourth-order valence-corrected chi connectivity index (χ4v) is 2.95. The number of furan rings is 1. The molecule has 0 spiro atoms. The Morgan fingerprint density at radius 2 is 1.68 bits per heavy atom. The number of hydrogen-bond acceptors (Lipinski definition) is 7. The molecule has 8 nitrogen and oxygen atoms in total. The number of rotatable bonds is 8. The van der Waals surface area contributed by atoms with E-state index in [0.717, 1.165) is 5.56 Å². The third kappa shape index (κ3) is 5.24. The van der Waals surface area contributed by atoms with Crippen LogP contribution in [-0.4, -0.2) is 22.1 Å². The van der Waals surface area contributed by atoms with Gasteiger partial charge in [0, 0.05) is 5.56 Å². The lowest BCUT2D eigenvalue weighted by Gasteiger charge is -2.18. The van der Waals surface area contributed by atoms with E-state index in [9.17, 15) is 9.59 Å². The topological polar surface area (TPSA) is 107 Å². The van der Waals surface area contributed by atoms with Crippen LogP contribution in [0.3, 0.4) is 0 Å². The SMILES string of the molecule is O=C(C[C@@H](NC(=O)c1ccccc1)c1ccccc1)OCc1nnc(-c2ccco2)o1. The third-order valence-corrected chi connectivity index (χ3v) is 4.47. The molecular formula is C23H19N3O5. The molecule has 4 aromatic rings. The zero-order valence-corrected chi connectivity index (χ0v) is 16.4. The summed E-state index contributed by atoms with van der Waals surface area (Å²) in [7, 11) is 0. The maximum absolute atomic E-state index is 12.6. The van der Waals surface area contributed by atoms with Crippen LogP contribution >= 0.6 is 0 Å². The summed E-state index contributed by atoms with van der Waals surface area (Å²) in [5.74, 6) is -0.0160. The summed E-state index contributed by atoms with van der Waals surface area (Å²) in [6.07, 6.45) is 1.44. The molecule has 8 heteroatoms. The van der Waals surface area contributed by atoms with Gasteiger partial charge in [0.2, 0.25) is 0 Å². The van der Waals surface area contributed by atoms with Crippen molar-refractivity contribution in [2.75, 3.05) is 0 Å². The number of nitrogens with one attached hydrogen (secondary N) is 1. The van der Waals surface area contributed by atoms with E-state index in [1.807, 2.05) is 36.4 Å². The van der Waals surface area contributed by atoms with Gasteiger partial charge < -0.3 is 18.9 Å². The van der Waals surface area contributed by atoms with E-state index >= 15 is 0 Å². The van der Waals surface area contributed by atoms with Gasteiger partial charge in [-0.2, -0.15) is 0 Å². The van der Waals surface area contributed by atoms with Crippen molar-refractivity contribution in [2.24, 2.45) is 0 Å². The second-order valence-corrected chi connectivity index (χ2v) is 6.65. The lowest BCUT2D eigenvalue weighted by molar-refractivity contribution is -0.146. The molecule has 1 atom stereocenters. The average molecular weight is 417 g/mol. The fraction of sp³-hybridized carbons (Fsp3) is 0.130. The smallest absolute Gasteiger partial charge is 0.308 e. The zero-order valence-electron chi connectivity index (χ0n) is 16.4. The quantitative estimate of drug-likeness (QED) is 0.433. The number of carbonyl (C=O) groups is 2. The second kappa shape index (κ2) is 9.53. The van der Waals surface area contributed by atoms with Gasteiger partial charge in [0.05, 0.1) is 18.7 Å². The van der Waals surface area contributed by atoms with Crippen molar-refractivity contribution in [1.29, 1.82) is 0 Å². The molecule has 31 heavy (non-hydrogen) atoms. The zero-order chi connectivity index (χ0) is 21.5. The van der Waals surface area contributed by atoms with Crippen molar-refractivity contribution in [3.63, 3.8) is 0 Å². The Morgan fingerprint density at radius 3 is 2.39 bits per heavy atom. The van der Waals surface area contributed by atoms with Crippen LogP contribution in [0.15, 0.2) is 87.9 Å². The standard InChI is InChI=1S/C23H19N3O5/c27-21(30-15-20-25-26-23(31-20)19-12-7-13-29-19)14-18(16-8-3-1-4-9-16)24-22(28)17-10-5-2-6-11-17/h1-13,18H,14-15H2,(H,24,28)/t18-/m1/s1. The van der Waals surface area contributed by atoms with Gasteiger partial charge in [-0.15, -0.1) is 10.2 Å². The van der Waals surface area contributed by atoms with Crippen molar-refractivity contribution in [1.82, 2.24) is 15.5 Å². The first-order chi connectivity index (χ1) is 15.2. The molecule has 156 valence electrons. The first-order valence-corrected chi connectivity index (χ1v) is 9.62. The van der Waals surface area contributed by atoms with Gasteiger partial charge in [0.15, 0.2) is 12.4 Å². The monoisotopic (exact) mass is 417 g/mol. The highest BCUT2D eigenvalue weighted by molar-refractivity contribution is 5.94. The number of amides is 1. The fourth-order valence-electron chi connectivity index (χ4n) is 2.95. The van der Waals surface area contributed by atoms with Gasteiger partial charge in [-0.1, -0.05) is 48.5 Å². The molecule has 0 saturated heterocycles. The van der Waals surface area contributed by atoms with E-state index in [1.165, 1.54) is 6.26 Å². The van der Waals surface area contributed by atoms with Crippen LogP contribution in [0.25, 0.3) is 11.7 Å². The minimum absolute atomic E-state index is 0.0538. The van der Waals surface area contributed by atoms with Gasteiger partial charge in [0.25, 0.3) is 17.7 Å². The average Bonchev–Trinajstić information content (AvgIpc) is 3.50. The number of hydrogen-bond donors (Lipinski definition) is 1. The van der Waals surface area contributed by atoms with Crippen LogP contribution < -0.4 is 5.32 Å². The van der Waals surface area contributed by atoms with Crippen LogP contribution in [0.1, 0.15) is 34.3 Å². The van der Waals surface area contributed by atoms with Crippen LogP contribution in [-0.2, 0) is 16.1 Å². The summed E-state index contributed by atoms with van der Waals surface area (Å²) in [6.45, 7) is -0.180. The van der Waals surface area contributed by atoms with Crippen molar-refractivity contribution in [3.05, 3.63) is 96.1 Å². The van der Waals surface area contributed by atoms with E-state index in [-0.39, 0.29) is 30.7 Å². The molecule has 0 radical (unpaired) electrons. The summed E-state index contributed by atoms with van der Waals surface area (Å²) in [6, 6.07) is 20.9. The highest BCUT2D eigenvalue weighted by Gasteiger charge is 2.21. The predicted molar refractivity (Wildman–Crippen MR) is 110 cm³/mol. The van der Waals surface area contributed by atoms with Crippen LogP contribution in [0.5, 0.6) is 0 Å². The summed E-state index contributed by atoms with van der Waals surface area (Å²) < 4.78 is 15.9. The molecule has 0 aliphatic heterocycles. The van der Waals surface area contributed by atoms with Crippen LogP contribution in [0, 0.1) is 0 Å². The van der Waals surface area contributed by atoms with E-state index in [0.29, 0.717) is 11.3 Å². The lowest BCUT2D eigenvalue weighted by Crippen LogP contribution is -2.30. The normalized spacial score (nSPS) is 11.6. The highest BCUT2D eigenvalue weighted by atomic mass is 16.5. The summed E-state index contributed by atoms with van der Waals surface area (Å²) in [5, 5.41) is 10.6. The number of esters is 1. The molecule has 2 heterocycles. The Balaban J connectivity index is 1.39. The Bertz CT molecular complexity index is 1120. The van der Waals surface area contributed by atoms with E-state index in [2.05, 4.69) is 15.5 Å². The molecule has 0 unspecified atom stereocenters. The maximum Gasteiger partial charge on any atom is 0.308 e. The van der Waals surface area contributed by atoms with E-state index < -0.39 is 12.0 Å². The molecule has 2 aromatic carbocycles. The van der Waals surface area contributed by atoms with Crippen LogP contribution in [0.4, 0.5) is 0 Å². The van der Waals surface area contributed by atoms with Gasteiger partial charge in [-0.3, -0.25) is 9.59 Å². The number of nitrogens with zero attached hydrogens (tertiary/aromatic N) is 2. The molecule has 0 aliphatic carbocycles. The van der Waals surface area contributed by atoms with Crippen molar-refractivity contribution in [3.8, 4) is 11.7 Å². The second-order valence-electron chi connectivity index (χ2n) is 6.65. The highest BCUT2D eigenvalue weighted by Crippen LogP contribution is 2.20. The minimum atomic E-state index is -0.553. The molecule has 4 rings (SSSR count). The molecule has 2 aromatic heterocycles. The Kier molecular flexibility index (Phi) is 6.18. The minimum Gasteiger partial charge on any atom is -0.459 e. The first kappa shape index (κ1) is 20.1. The first-order valence-electron chi connectivity index (χ1n) is 9.62. The molecule has 0 bridgehead atoms. The molecule has 0 aliphatic rings. The molecule has 1 amide bonds. The number of aromatic nitrogens is 2. The Hall–Kier alpha value is -4.20. The van der Waals surface area contributed by atoms with Gasteiger partial charge >= 0.3 is 5.97 Å². The van der Waals surface area contributed by atoms with Crippen molar-refractivity contribution < 1.29 is 23.2 Å². The summed E-state index contributed by atoms with van der Waals surface area (Å²) in [4.78, 5) is 25.1. The molecule has 0 fully saturated rings. The largest absolute Gasteiger partial charge is 0.459 e. The van der Waals surface area contributed by atoms with Crippen molar-refractivity contribution >= 4 is 11.9 Å². The molecule has 1 N–H and O–H groups in total. The maximum atomic E-state index is 12.6. The Morgan fingerprint density at radius 1 is 0.935 bits per heavy atom. The van der Waals surface area contributed by atoms with Crippen LogP contribution in [0.2, 0.25) is 0 Å². The number of ether oxygens (including phenoxy) is 1. The summed E-state index contributed by atoms with van der Waals surface area (Å²) >= 11 is 0. The number of benzene rings is 2. The molecule has 0 saturated carbocycles. The predicted octanol–water partition coefficient (Wildman–Crippen LogP) is 3.93. The summed E-state index contributed by atoms with van der Waals surface area (Å²) in [5.41, 5.74) is 1.30. The van der Waals surface area contributed by atoms with Crippen molar-refractivity contribution in [2.45, 2.75) is 19.1 Å². The van der Waals surface area contributed by atoms with E-state index in [4.69, 9.17) is 13.6 Å². The van der Waals surface area contributed by atoms with Gasteiger partial charge in [-0.25, -0.2) is 0 Å². The van der Waals surface area contributed by atoms with E-state index in [1.54, 1.807) is 36.4 Å². The third-order valence-electron chi connectivity index (χ3n) is 4.47. The van der Waals surface area contributed by atoms with Gasteiger partial charge in [0.1, 0.15) is 0 Å². The number of carbonyl (C=O) groups excluding carboxylic acids is 2.